The number of rotatable bonds is 20. The van der Waals surface area contributed by atoms with E-state index in [-0.39, 0.29) is 67.3 Å². The molecule has 0 saturated carbocycles. The lowest BCUT2D eigenvalue weighted by Gasteiger charge is -2.27. The van der Waals surface area contributed by atoms with Gasteiger partial charge in [-0.25, -0.2) is 0 Å². The number of carbonyl (C=O) groups is 5. The molecule has 3 aromatic carbocycles. The van der Waals surface area contributed by atoms with Gasteiger partial charge in [0, 0.05) is 53.2 Å². The molecule has 1 unspecified atom stereocenters. The fourth-order valence-electron chi connectivity index (χ4n) is 6.85. The van der Waals surface area contributed by atoms with Crippen molar-refractivity contribution < 1.29 is 56.8 Å². The molecule has 17 heteroatoms. The Balaban J connectivity index is 0.801. The Morgan fingerprint density at radius 2 is 1.52 bits per heavy atom. The molecule has 316 valence electrons. The van der Waals surface area contributed by atoms with Gasteiger partial charge >= 0.3 is 0 Å². The summed E-state index contributed by atoms with van der Waals surface area (Å²) in [6, 6.07) is 15.0. The fourth-order valence-corrected chi connectivity index (χ4v) is 7.11. The minimum Gasteiger partial charge on any atom is -0.493 e. The van der Waals surface area contributed by atoms with Crippen LogP contribution in [-0.2, 0) is 23.8 Å². The molecule has 1 N–H and O–H groups in total. The van der Waals surface area contributed by atoms with Crippen LogP contribution in [0.15, 0.2) is 82.3 Å². The first-order valence-electron chi connectivity index (χ1n) is 19.5. The quantitative estimate of drug-likeness (QED) is 0.0601. The second kappa shape index (κ2) is 19.7. The lowest BCUT2D eigenvalue weighted by atomic mass is 10.0. The number of aromatic nitrogens is 1. The van der Waals surface area contributed by atoms with Gasteiger partial charge in [0.1, 0.15) is 47.8 Å². The van der Waals surface area contributed by atoms with Crippen molar-refractivity contribution in [2.24, 2.45) is 0 Å². The van der Waals surface area contributed by atoms with Crippen molar-refractivity contribution in [2.75, 3.05) is 59.5 Å². The van der Waals surface area contributed by atoms with Crippen LogP contribution in [0.4, 0.5) is 0 Å². The molecule has 2 aliphatic heterocycles. The third-order valence-electron chi connectivity index (χ3n) is 9.70. The van der Waals surface area contributed by atoms with E-state index in [1.807, 2.05) is 6.92 Å². The number of nitrogens with one attached hydrogen (secondary N) is 1. The van der Waals surface area contributed by atoms with Gasteiger partial charge in [0.25, 0.3) is 11.8 Å². The normalized spacial score (nSPS) is 14.9. The van der Waals surface area contributed by atoms with Crippen LogP contribution >= 0.6 is 11.6 Å². The summed E-state index contributed by atoms with van der Waals surface area (Å²) in [5.74, 6) is -0.935. The third kappa shape index (κ3) is 9.79. The monoisotopic (exact) mass is 853 g/mol. The number of piperidine rings is 1. The molecule has 0 radical (unpaired) electrons. The van der Waals surface area contributed by atoms with Crippen LogP contribution in [0.1, 0.15) is 50.8 Å². The average Bonchev–Trinajstić information content (AvgIpc) is 3.51. The number of benzene rings is 3. The maximum atomic E-state index is 13.3. The van der Waals surface area contributed by atoms with Crippen LogP contribution in [0.2, 0.25) is 5.02 Å². The number of halogens is 1. The number of fused-ring (bicyclic) bond motifs is 2. The van der Waals surface area contributed by atoms with Crippen LogP contribution in [-0.4, -0.2) is 105 Å². The second-order valence-corrected chi connectivity index (χ2v) is 14.1. The summed E-state index contributed by atoms with van der Waals surface area (Å²) in [7, 11) is 0. The molecular formula is C44H40ClN3O13. The number of carbonyl (C=O) groups excluding carboxylic acids is 5. The molecule has 5 aromatic rings. The molecule has 4 amide bonds. The van der Waals surface area contributed by atoms with Crippen molar-refractivity contribution in [3.8, 4) is 39.7 Å². The Kier molecular flexibility index (Phi) is 13.8. The Hall–Kier alpha value is -6.46. The van der Waals surface area contributed by atoms with Gasteiger partial charge in [0.2, 0.25) is 11.8 Å². The van der Waals surface area contributed by atoms with E-state index in [9.17, 15) is 28.8 Å². The van der Waals surface area contributed by atoms with E-state index in [1.165, 1.54) is 18.3 Å². The van der Waals surface area contributed by atoms with Gasteiger partial charge in [-0.3, -0.25) is 44.0 Å². The first-order valence-corrected chi connectivity index (χ1v) is 19.8. The lowest BCUT2D eigenvalue weighted by Crippen LogP contribution is -2.54. The SMILES string of the molecule is CCOc1cc2oc(-c3ccc(OCCOCCOCCOCCOc4cccc5c4C(=O)N(C4CCC(=O)NC4=O)C5=O)cc3Cl)cc(=O)c2cc1-c1cncc(C=O)c1. The van der Waals surface area contributed by atoms with E-state index in [0.717, 1.165) is 4.90 Å². The van der Waals surface area contributed by atoms with Gasteiger partial charge in [-0.05, 0) is 55.8 Å². The number of nitrogens with zero attached hydrogens (tertiary/aromatic N) is 2. The summed E-state index contributed by atoms with van der Waals surface area (Å²) < 4.78 is 40.3. The lowest BCUT2D eigenvalue weighted by molar-refractivity contribution is -0.136. The summed E-state index contributed by atoms with van der Waals surface area (Å²) in [5, 5.41) is 2.82. The Morgan fingerprint density at radius 1 is 0.787 bits per heavy atom. The molecule has 0 spiro atoms. The fraction of sp³-hybridized carbons (Fsp3) is 0.295. The van der Waals surface area contributed by atoms with Crippen molar-refractivity contribution in [3.63, 3.8) is 0 Å². The number of pyridine rings is 1. The number of imide groups is 2. The van der Waals surface area contributed by atoms with Crippen LogP contribution < -0.4 is 25.0 Å². The van der Waals surface area contributed by atoms with Crippen molar-refractivity contribution >= 4 is 52.5 Å². The zero-order valence-electron chi connectivity index (χ0n) is 32.9. The predicted molar refractivity (Wildman–Crippen MR) is 219 cm³/mol. The zero-order valence-corrected chi connectivity index (χ0v) is 33.7. The average molecular weight is 854 g/mol. The third-order valence-corrected chi connectivity index (χ3v) is 10.0. The summed E-state index contributed by atoms with van der Waals surface area (Å²) >= 11 is 6.62. The van der Waals surface area contributed by atoms with Crippen molar-refractivity contribution in [1.29, 1.82) is 0 Å². The van der Waals surface area contributed by atoms with Gasteiger partial charge in [-0.15, -0.1) is 0 Å². The van der Waals surface area contributed by atoms with E-state index in [1.54, 1.807) is 54.7 Å². The summed E-state index contributed by atoms with van der Waals surface area (Å²) in [5.41, 5.74) is 2.35. The first kappa shape index (κ1) is 42.7. The Bertz CT molecular complexity index is 2540. The minimum atomic E-state index is -1.06. The Morgan fingerprint density at radius 3 is 2.23 bits per heavy atom. The first-order chi connectivity index (χ1) is 29.7. The number of hydrogen-bond acceptors (Lipinski definition) is 14. The van der Waals surface area contributed by atoms with Gasteiger partial charge in [-0.1, -0.05) is 17.7 Å². The van der Waals surface area contributed by atoms with Gasteiger partial charge in [0.05, 0.1) is 67.8 Å². The van der Waals surface area contributed by atoms with Crippen LogP contribution in [0.5, 0.6) is 17.2 Å². The molecule has 1 saturated heterocycles. The molecule has 2 aromatic heterocycles. The molecule has 0 aliphatic carbocycles. The van der Waals surface area contributed by atoms with E-state index in [2.05, 4.69) is 10.3 Å². The highest BCUT2D eigenvalue weighted by Gasteiger charge is 2.46. The van der Waals surface area contributed by atoms with E-state index < -0.39 is 29.7 Å². The minimum absolute atomic E-state index is 0.0331. The van der Waals surface area contributed by atoms with Gasteiger partial charge in [0.15, 0.2) is 11.7 Å². The predicted octanol–water partition coefficient (Wildman–Crippen LogP) is 5.30. The van der Waals surface area contributed by atoms with Crippen molar-refractivity contribution in [2.45, 2.75) is 25.8 Å². The highest BCUT2D eigenvalue weighted by molar-refractivity contribution is 6.33. The van der Waals surface area contributed by atoms with E-state index in [0.29, 0.717) is 89.1 Å². The smallest absolute Gasteiger partial charge is 0.266 e. The van der Waals surface area contributed by atoms with Crippen LogP contribution in [0, 0.1) is 0 Å². The highest BCUT2D eigenvalue weighted by atomic mass is 35.5. The molecule has 2 aliphatic rings. The van der Waals surface area contributed by atoms with Crippen molar-refractivity contribution in [1.82, 2.24) is 15.2 Å². The maximum absolute atomic E-state index is 13.3. The number of aldehydes is 1. The van der Waals surface area contributed by atoms with Gasteiger partial charge in [-0.2, -0.15) is 0 Å². The largest absolute Gasteiger partial charge is 0.493 e. The van der Waals surface area contributed by atoms with Crippen LogP contribution in [0.3, 0.4) is 0 Å². The van der Waals surface area contributed by atoms with Crippen molar-refractivity contribution in [3.05, 3.63) is 105 Å². The Labute approximate surface area is 353 Å². The molecule has 4 heterocycles. The van der Waals surface area contributed by atoms with E-state index >= 15 is 0 Å². The molecule has 1 atom stereocenters. The molecule has 16 nitrogen and oxygen atoms in total. The molecule has 0 bridgehead atoms. The van der Waals surface area contributed by atoms with E-state index in [4.69, 9.17) is 44.4 Å². The standard InChI is InChI=1S/C44H40ClN3O13/c1-2-58-37-22-39-32(20-31(37)27-18-26(25-49)23-46-24-27)35(50)21-38(61-39)29-7-6-28(19-33(29)45)59-16-14-56-12-10-55-11-13-57-15-17-60-36-5-3-4-30-41(36)44(54)48(43(30)53)34-8-9-40(51)47-42(34)52/h3-7,18-25,34H,2,8-17H2,1H3,(H,47,51,52). The zero-order chi connectivity index (χ0) is 42.9. The number of ether oxygens (including phenoxy) is 6. The molecular weight excluding hydrogens is 814 g/mol. The second-order valence-electron chi connectivity index (χ2n) is 13.7. The topological polar surface area (TPSA) is 199 Å². The summed E-state index contributed by atoms with van der Waals surface area (Å²) in [4.78, 5) is 79.7. The van der Waals surface area contributed by atoms with Crippen LogP contribution in [0.25, 0.3) is 33.4 Å². The summed E-state index contributed by atoms with van der Waals surface area (Å²) in [6.45, 7) is 4.26. The molecule has 1 fully saturated rings. The maximum Gasteiger partial charge on any atom is 0.266 e. The molecule has 7 rings (SSSR count). The number of hydrogen-bond donors (Lipinski definition) is 1. The molecule has 61 heavy (non-hydrogen) atoms. The number of amides is 4. The highest BCUT2D eigenvalue weighted by Crippen LogP contribution is 2.37. The van der Waals surface area contributed by atoms with Gasteiger partial charge < -0.3 is 32.8 Å². The summed E-state index contributed by atoms with van der Waals surface area (Å²) in [6.07, 6.45) is 3.85.